The highest BCUT2D eigenvalue weighted by atomic mass is 32.2. The third-order valence-electron chi connectivity index (χ3n) is 3.26. The monoisotopic (exact) mass is 326 g/mol. The van der Waals surface area contributed by atoms with Crippen LogP contribution in [0.5, 0.6) is 0 Å². The molecule has 0 aliphatic carbocycles. The Morgan fingerprint density at radius 3 is 2.59 bits per heavy atom. The lowest BCUT2D eigenvalue weighted by molar-refractivity contribution is -0.142. The Morgan fingerprint density at radius 1 is 1.32 bits per heavy atom. The van der Waals surface area contributed by atoms with Crippen LogP contribution in [0.2, 0.25) is 0 Å². The van der Waals surface area contributed by atoms with Crippen molar-refractivity contribution in [2.45, 2.75) is 30.7 Å². The summed E-state index contributed by atoms with van der Waals surface area (Å²) in [5.74, 6) is -0.315. The van der Waals surface area contributed by atoms with Crippen LogP contribution >= 0.6 is 11.8 Å². The number of carbonyl (C=O) groups excluding carboxylic acids is 1. The predicted octanol–water partition coefficient (Wildman–Crippen LogP) is 0.394. The summed E-state index contributed by atoms with van der Waals surface area (Å²) in [5.41, 5.74) is -0.436. The van der Waals surface area contributed by atoms with Gasteiger partial charge in [-0.25, -0.2) is 9.78 Å². The molecule has 0 saturated carbocycles. The minimum Gasteiger partial charge on any atom is -0.465 e. The molecule has 0 unspecified atom stereocenters. The first-order valence-corrected chi connectivity index (χ1v) is 7.77. The number of esters is 1. The van der Waals surface area contributed by atoms with Crippen LogP contribution in [0, 0.1) is 0 Å². The fraction of sp³-hybridized carbons (Fsp3) is 0.538. The van der Waals surface area contributed by atoms with Gasteiger partial charge in [-0.15, -0.1) is 0 Å². The van der Waals surface area contributed by atoms with E-state index in [0.717, 1.165) is 0 Å². The summed E-state index contributed by atoms with van der Waals surface area (Å²) in [6, 6.07) is 0. The second-order valence-electron chi connectivity index (χ2n) is 4.71. The lowest BCUT2D eigenvalue weighted by Gasteiger charge is -2.12. The summed E-state index contributed by atoms with van der Waals surface area (Å²) in [6.07, 6.45) is 0.571. The molecular formula is C13H18N4O4S. The number of hydrogen-bond acceptors (Lipinski definition) is 6. The van der Waals surface area contributed by atoms with Gasteiger partial charge in [-0.05, 0) is 13.3 Å². The highest BCUT2D eigenvalue weighted by molar-refractivity contribution is 8.00. The first kappa shape index (κ1) is 16.3. The zero-order valence-electron chi connectivity index (χ0n) is 12.9. The lowest BCUT2D eigenvalue weighted by Crippen LogP contribution is -2.29. The van der Waals surface area contributed by atoms with Crippen LogP contribution < -0.4 is 11.2 Å². The summed E-state index contributed by atoms with van der Waals surface area (Å²) in [4.78, 5) is 42.0. The largest absolute Gasteiger partial charge is 0.465 e. The third kappa shape index (κ3) is 2.80. The molecule has 0 spiro atoms. The number of hydrogen-bond donors (Lipinski definition) is 1. The topological polar surface area (TPSA) is 99.0 Å². The summed E-state index contributed by atoms with van der Waals surface area (Å²) in [6.45, 7) is 3.94. The van der Waals surface area contributed by atoms with E-state index in [1.807, 2.05) is 6.92 Å². The minimum absolute atomic E-state index is 0.289. The number of nitrogens with one attached hydrogen (secondary N) is 1. The van der Waals surface area contributed by atoms with Crippen molar-refractivity contribution in [1.82, 2.24) is 19.1 Å². The van der Waals surface area contributed by atoms with Crippen LogP contribution in [0.1, 0.15) is 20.3 Å². The number of aryl methyl sites for hydroxylation is 2. The van der Waals surface area contributed by atoms with E-state index in [-0.39, 0.29) is 11.6 Å². The van der Waals surface area contributed by atoms with E-state index in [4.69, 9.17) is 4.74 Å². The average molecular weight is 326 g/mol. The fourth-order valence-corrected chi connectivity index (χ4v) is 3.03. The number of carbonyl (C=O) groups is 1. The van der Waals surface area contributed by atoms with Crippen LogP contribution in [0.4, 0.5) is 0 Å². The van der Waals surface area contributed by atoms with E-state index in [9.17, 15) is 14.4 Å². The number of rotatable bonds is 5. The summed E-state index contributed by atoms with van der Waals surface area (Å²) in [7, 11) is 3.21. The average Bonchev–Trinajstić information content (AvgIpc) is 2.80. The van der Waals surface area contributed by atoms with Gasteiger partial charge in [-0.2, -0.15) is 0 Å². The number of aromatic amines is 1. The van der Waals surface area contributed by atoms with E-state index < -0.39 is 16.5 Å². The molecule has 1 atom stereocenters. The Balaban J connectivity index is 2.49. The molecule has 0 fully saturated rings. The van der Waals surface area contributed by atoms with E-state index in [0.29, 0.717) is 23.7 Å². The Bertz CT molecular complexity index is 820. The Hall–Kier alpha value is -2.03. The molecule has 22 heavy (non-hydrogen) atoms. The second-order valence-corrected chi connectivity index (χ2v) is 5.88. The molecule has 0 aliphatic rings. The molecule has 9 heteroatoms. The molecule has 0 bridgehead atoms. The quantitative estimate of drug-likeness (QED) is 0.630. The van der Waals surface area contributed by atoms with E-state index in [1.165, 1.54) is 23.4 Å². The molecule has 0 saturated heterocycles. The molecule has 2 aromatic rings. The Labute approximate surface area is 130 Å². The van der Waals surface area contributed by atoms with Gasteiger partial charge in [0.05, 0.1) is 6.61 Å². The molecule has 0 aliphatic heterocycles. The number of ether oxygens (including phenoxy) is 1. The van der Waals surface area contributed by atoms with Gasteiger partial charge in [0.2, 0.25) is 0 Å². The van der Waals surface area contributed by atoms with Gasteiger partial charge in [0.15, 0.2) is 16.3 Å². The standard InChI is InChI=1S/C13H18N4O4S/c1-5-7(11(19)21-6-2)22-13-14-9-8(16(13)3)10(18)15-12(20)17(9)4/h7H,5-6H2,1-4H3,(H,15,18,20)/t7-/m1/s1. The SMILES string of the molecule is CCOC(=O)[C@@H](CC)Sc1nc2c(c(=O)[nH]c(=O)n2C)n1C. The van der Waals surface area contributed by atoms with Crippen molar-refractivity contribution in [3.63, 3.8) is 0 Å². The first-order valence-electron chi connectivity index (χ1n) is 6.89. The number of fused-ring (bicyclic) bond motifs is 1. The highest BCUT2D eigenvalue weighted by Gasteiger charge is 2.23. The molecule has 2 aromatic heterocycles. The lowest BCUT2D eigenvalue weighted by atomic mass is 10.3. The number of thioether (sulfide) groups is 1. The fourth-order valence-electron chi connectivity index (χ4n) is 2.05. The van der Waals surface area contributed by atoms with Gasteiger partial charge in [0.1, 0.15) is 5.25 Å². The van der Waals surface area contributed by atoms with Gasteiger partial charge >= 0.3 is 11.7 Å². The number of aromatic nitrogens is 4. The van der Waals surface area contributed by atoms with Crippen molar-refractivity contribution in [1.29, 1.82) is 0 Å². The number of imidazole rings is 1. The molecule has 8 nitrogen and oxygen atoms in total. The summed E-state index contributed by atoms with van der Waals surface area (Å²) in [5, 5.41) is 0.0770. The zero-order valence-corrected chi connectivity index (χ0v) is 13.7. The van der Waals surface area contributed by atoms with Crippen molar-refractivity contribution in [2.75, 3.05) is 6.61 Å². The molecule has 0 amide bonds. The molecule has 120 valence electrons. The van der Waals surface area contributed by atoms with Gasteiger partial charge in [0.25, 0.3) is 5.56 Å². The van der Waals surface area contributed by atoms with Crippen molar-refractivity contribution < 1.29 is 9.53 Å². The van der Waals surface area contributed by atoms with Crippen LogP contribution in [-0.4, -0.2) is 36.9 Å². The number of H-pyrrole nitrogens is 1. The van der Waals surface area contributed by atoms with Crippen molar-refractivity contribution in [3.8, 4) is 0 Å². The Kier molecular flexibility index (Phi) is 4.74. The van der Waals surface area contributed by atoms with Crippen molar-refractivity contribution in [3.05, 3.63) is 20.8 Å². The van der Waals surface area contributed by atoms with Gasteiger partial charge < -0.3 is 9.30 Å². The predicted molar refractivity (Wildman–Crippen MR) is 83.1 cm³/mol. The Morgan fingerprint density at radius 2 is 2.00 bits per heavy atom. The molecule has 2 rings (SSSR count). The minimum atomic E-state index is -0.524. The summed E-state index contributed by atoms with van der Waals surface area (Å²) >= 11 is 1.22. The van der Waals surface area contributed by atoms with Crippen LogP contribution in [0.3, 0.4) is 0 Å². The smallest absolute Gasteiger partial charge is 0.329 e. The zero-order chi connectivity index (χ0) is 16.4. The van der Waals surface area contributed by atoms with E-state index in [2.05, 4.69) is 9.97 Å². The van der Waals surface area contributed by atoms with Crippen molar-refractivity contribution in [2.24, 2.45) is 14.1 Å². The number of nitrogens with zero attached hydrogens (tertiary/aromatic N) is 3. The maximum Gasteiger partial charge on any atom is 0.329 e. The van der Waals surface area contributed by atoms with E-state index >= 15 is 0 Å². The highest BCUT2D eigenvalue weighted by Crippen LogP contribution is 2.27. The van der Waals surface area contributed by atoms with Gasteiger partial charge in [-0.3, -0.25) is 19.1 Å². The molecule has 0 radical (unpaired) electrons. The van der Waals surface area contributed by atoms with Crippen LogP contribution in [0.15, 0.2) is 14.7 Å². The van der Waals surface area contributed by atoms with Crippen molar-refractivity contribution >= 4 is 28.9 Å². The normalized spacial score (nSPS) is 12.5. The maximum atomic E-state index is 11.9. The van der Waals surface area contributed by atoms with Crippen LogP contribution in [0.25, 0.3) is 11.2 Å². The molecule has 1 N–H and O–H groups in total. The van der Waals surface area contributed by atoms with Gasteiger partial charge in [0, 0.05) is 14.1 Å². The molecular weight excluding hydrogens is 308 g/mol. The maximum absolute atomic E-state index is 11.9. The second kappa shape index (κ2) is 6.39. The van der Waals surface area contributed by atoms with Crippen LogP contribution in [-0.2, 0) is 23.6 Å². The molecule has 0 aromatic carbocycles. The van der Waals surface area contributed by atoms with Gasteiger partial charge in [-0.1, -0.05) is 18.7 Å². The third-order valence-corrected chi connectivity index (χ3v) is 4.65. The summed E-state index contributed by atoms with van der Waals surface area (Å²) < 4.78 is 7.88. The van der Waals surface area contributed by atoms with E-state index in [1.54, 1.807) is 18.5 Å². The molecule has 2 heterocycles. The first-order chi connectivity index (χ1) is 10.4.